The second-order valence-electron chi connectivity index (χ2n) is 0.214. The van der Waals surface area contributed by atoms with Crippen molar-refractivity contribution in [1.29, 1.82) is 0 Å². The number of rotatable bonds is 0. The molecule has 0 atom stereocenters. The zero-order chi connectivity index (χ0) is 3.58. The van der Waals surface area contributed by atoms with Gasteiger partial charge in [0.2, 0.25) is 0 Å². The van der Waals surface area contributed by atoms with Crippen molar-refractivity contribution in [3.8, 4) is 0 Å². The number of hydrogen-bond donors (Lipinski definition) is 0. The molecule has 0 spiro atoms. The second-order valence-corrected chi connectivity index (χ2v) is 1.27. The molecule has 0 bridgehead atoms. The first-order chi connectivity index (χ1) is 1.73. The zero-order valence-electron chi connectivity index (χ0n) is 1.63. The maximum absolute atomic E-state index is 9.86. The van der Waals surface area contributed by atoms with Crippen molar-refractivity contribution in [2.75, 3.05) is 0 Å². The van der Waals surface area contributed by atoms with Crippen molar-refractivity contribution < 1.29 is 31.5 Å². The van der Waals surface area contributed by atoms with Crippen LogP contribution in [0, 0.1) is 0 Å². The van der Waals surface area contributed by atoms with E-state index >= 15 is 0 Å². The van der Waals surface area contributed by atoms with Crippen molar-refractivity contribution in [3.63, 3.8) is 0 Å². The molecule has 0 aliphatic rings. The molecule has 0 aliphatic heterocycles. The Hall–Kier alpha value is 0.673. The fourth-order valence-corrected chi connectivity index (χ4v) is 0. The summed E-state index contributed by atoms with van der Waals surface area (Å²) >= 11 is -5.04. The van der Waals surface area contributed by atoms with Crippen LogP contribution in [0.2, 0.25) is 0 Å². The van der Waals surface area contributed by atoms with E-state index in [1.807, 2.05) is 0 Å². The molecule has 0 fully saturated rings. The molecular formula is F3Zr. The van der Waals surface area contributed by atoms with Crippen LogP contribution >= 0.6 is 0 Å². The summed E-state index contributed by atoms with van der Waals surface area (Å²) in [6.45, 7) is 0. The summed E-state index contributed by atoms with van der Waals surface area (Å²) < 4.78 is 29.6. The van der Waals surface area contributed by atoms with E-state index in [0.717, 1.165) is 0 Å². The van der Waals surface area contributed by atoms with Gasteiger partial charge < -0.3 is 0 Å². The summed E-state index contributed by atoms with van der Waals surface area (Å²) in [4.78, 5) is 0. The molecule has 0 aromatic carbocycles. The van der Waals surface area contributed by atoms with Crippen LogP contribution in [0.25, 0.3) is 0 Å². The Kier molecular flexibility index (Phi) is 2.27. The third kappa shape index (κ3) is 16.5. The molecule has 25 valence electrons. The Morgan fingerprint density at radius 2 is 1.00 bits per heavy atom. The third-order valence-corrected chi connectivity index (χ3v) is 0. The molecule has 4 heteroatoms. The van der Waals surface area contributed by atoms with Gasteiger partial charge in [0, 0.05) is 0 Å². The second kappa shape index (κ2) is 1.95. The summed E-state index contributed by atoms with van der Waals surface area (Å²) in [7, 11) is 0. The van der Waals surface area contributed by atoms with Crippen molar-refractivity contribution in [3.05, 3.63) is 0 Å². The van der Waals surface area contributed by atoms with Crippen molar-refractivity contribution in [2.24, 2.45) is 0 Å². The average Bonchev–Trinajstić information content (AvgIpc) is 0.811. The topological polar surface area (TPSA) is 0 Å². The summed E-state index contributed by atoms with van der Waals surface area (Å²) in [6.07, 6.45) is 0. The van der Waals surface area contributed by atoms with E-state index in [1.165, 1.54) is 0 Å². The summed E-state index contributed by atoms with van der Waals surface area (Å²) in [6, 6.07) is 0. The van der Waals surface area contributed by atoms with Gasteiger partial charge in [0.1, 0.15) is 0 Å². The third-order valence-electron chi connectivity index (χ3n) is 0. The number of hydrogen-bond acceptors (Lipinski definition) is 0. The van der Waals surface area contributed by atoms with Gasteiger partial charge in [-0.05, 0) is 0 Å². The van der Waals surface area contributed by atoms with Gasteiger partial charge in [-0.15, -0.1) is 0 Å². The first kappa shape index (κ1) is 4.67. The Morgan fingerprint density at radius 3 is 1.00 bits per heavy atom. The molecule has 0 aromatic heterocycles. The predicted octanol–water partition coefficient (Wildman–Crippen LogP) is 1.26. The van der Waals surface area contributed by atoms with Crippen LogP contribution in [0.3, 0.4) is 0 Å². The maximum atomic E-state index is 9.86. The van der Waals surface area contributed by atoms with Crippen molar-refractivity contribution >= 4 is 0 Å². The molecule has 0 nitrogen and oxygen atoms in total. The Morgan fingerprint density at radius 1 is 1.00 bits per heavy atom. The van der Waals surface area contributed by atoms with Crippen LogP contribution in [-0.2, 0) is 23.6 Å². The molecule has 0 unspecified atom stereocenters. The summed E-state index contributed by atoms with van der Waals surface area (Å²) in [5.74, 6) is 0. The predicted molar refractivity (Wildman–Crippen MR) is 3.32 cm³/mol. The van der Waals surface area contributed by atoms with Crippen molar-refractivity contribution in [1.82, 2.24) is 0 Å². The van der Waals surface area contributed by atoms with Gasteiger partial charge in [-0.2, -0.15) is 0 Å². The quantitative estimate of drug-likeness (QED) is 0.485. The van der Waals surface area contributed by atoms with E-state index in [1.54, 1.807) is 0 Å². The van der Waals surface area contributed by atoms with Gasteiger partial charge in [0.05, 0.1) is 0 Å². The SMILES string of the molecule is [F][Zr]([F])[F]. The minimum atomic E-state index is -5.04. The van der Waals surface area contributed by atoms with Gasteiger partial charge >= 0.3 is 31.5 Å². The molecule has 0 aromatic rings. The van der Waals surface area contributed by atoms with Crippen molar-refractivity contribution in [2.45, 2.75) is 0 Å². The van der Waals surface area contributed by atoms with E-state index < -0.39 is 23.6 Å². The molecule has 0 rings (SSSR count). The first-order valence-electron chi connectivity index (χ1n) is 0.567. The molecule has 0 saturated carbocycles. The molecule has 0 amide bonds. The standard InChI is InChI=1S/3FH.Zr/h3*1H;/q;;;+3/p-3. The molecule has 0 N–H and O–H groups in total. The van der Waals surface area contributed by atoms with E-state index in [2.05, 4.69) is 0 Å². The Bertz CT molecular complexity index is 8.00. The molecule has 0 heterocycles. The average molecular weight is 148 g/mol. The molecule has 0 aliphatic carbocycles. The monoisotopic (exact) mass is 147 g/mol. The number of halogens is 3. The molecule has 0 radical (unpaired) electrons. The van der Waals surface area contributed by atoms with Crippen LogP contribution in [0.15, 0.2) is 0 Å². The first-order valence-corrected chi connectivity index (χ1v) is 3.35. The van der Waals surface area contributed by atoms with Gasteiger partial charge in [-0.3, -0.25) is 0 Å². The molecule has 0 saturated heterocycles. The Balaban J connectivity index is 2.32. The van der Waals surface area contributed by atoms with Crippen LogP contribution in [-0.4, -0.2) is 0 Å². The van der Waals surface area contributed by atoms with E-state index in [4.69, 9.17) is 0 Å². The van der Waals surface area contributed by atoms with Crippen LogP contribution in [0.1, 0.15) is 0 Å². The summed E-state index contributed by atoms with van der Waals surface area (Å²) in [5, 5.41) is 0. The van der Waals surface area contributed by atoms with Gasteiger partial charge in [-0.1, -0.05) is 0 Å². The Labute approximate surface area is 31.9 Å². The fourth-order valence-electron chi connectivity index (χ4n) is 0. The van der Waals surface area contributed by atoms with E-state index in [-0.39, 0.29) is 0 Å². The van der Waals surface area contributed by atoms with Gasteiger partial charge in [0.25, 0.3) is 0 Å². The van der Waals surface area contributed by atoms with E-state index in [9.17, 15) is 7.88 Å². The minimum absolute atomic E-state index is 5.04. The van der Waals surface area contributed by atoms with Crippen LogP contribution < -0.4 is 0 Å². The van der Waals surface area contributed by atoms with Crippen LogP contribution in [0.4, 0.5) is 7.88 Å². The fraction of sp³-hybridized carbons (Fsp3) is 0. The van der Waals surface area contributed by atoms with Gasteiger partial charge in [0.15, 0.2) is 0 Å². The van der Waals surface area contributed by atoms with Crippen LogP contribution in [0.5, 0.6) is 0 Å². The molecular weight excluding hydrogens is 148 g/mol. The van der Waals surface area contributed by atoms with Gasteiger partial charge in [-0.25, -0.2) is 0 Å². The van der Waals surface area contributed by atoms with E-state index in [0.29, 0.717) is 0 Å². The zero-order valence-corrected chi connectivity index (χ0v) is 4.09. The molecule has 4 heavy (non-hydrogen) atoms. The summed E-state index contributed by atoms with van der Waals surface area (Å²) in [5.41, 5.74) is 0. The normalized spacial score (nSPS) is 6.75.